The molecule has 0 fully saturated rings. The summed E-state index contributed by atoms with van der Waals surface area (Å²) in [5, 5.41) is 0. The largest absolute Gasteiger partial charge is 0.441 e. The summed E-state index contributed by atoms with van der Waals surface area (Å²) in [4.78, 5) is 4.56. The van der Waals surface area contributed by atoms with Crippen LogP contribution in [0.1, 0.15) is 38.1 Å². The maximum atomic E-state index is 5.75. The topological polar surface area (TPSA) is 52.0 Å². The molecule has 0 saturated heterocycles. The third kappa shape index (κ3) is 3.10. The summed E-state index contributed by atoms with van der Waals surface area (Å²) in [6.45, 7) is 5.13. The van der Waals surface area contributed by atoms with Gasteiger partial charge >= 0.3 is 0 Å². The van der Waals surface area contributed by atoms with Crippen molar-refractivity contribution in [2.75, 3.05) is 6.54 Å². The summed E-state index contributed by atoms with van der Waals surface area (Å²) in [6, 6.07) is 6.24. The van der Waals surface area contributed by atoms with Crippen molar-refractivity contribution in [3.63, 3.8) is 0 Å². The summed E-state index contributed by atoms with van der Waals surface area (Å²) < 4.78 is 5.75. The van der Waals surface area contributed by atoms with E-state index in [1.807, 2.05) is 6.07 Å². The molecule has 18 heavy (non-hydrogen) atoms. The highest BCUT2D eigenvalue weighted by Gasteiger charge is 2.08. The smallest absolute Gasteiger partial charge is 0.195 e. The van der Waals surface area contributed by atoms with Crippen LogP contribution < -0.4 is 5.73 Å². The maximum absolute atomic E-state index is 5.75. The Bertz CT molecular complexity index is 504. The molecule has 0 aliphatic carbocycles. The molecule has 0 radical (unpaired) electrons. The van der Waals surface area contributed by atoms with E-state index in [4.69, 9.17) is 10.2 Å². The molecule has 0 aliphatic heterocycles. The molecule has 0 saturated carbocycles. The fraction of sp³-hybridized carbons (Fsp3) is 0.533. The van der Waals surface area contributed by atoms with Crippen LogP contribution in [0.5, 0.6) is 0 Å². The predicted molar refractivity (Wildman–Crippen MR) is 74.5 cm³/mol. The van der Waals surface area contributed by atoms with Gasteiger partial charge < -0.3 is 10.2 Å². The summed E-state index contributed by atoms with van der Waals surface area (Å²) in [5.41, 5.74) is 8.74. The zero-order chi connectivity index (χ0) is 13.0. The zero-order valence-electron chi connectivity index (χ0n) is 11.3. The van der Waals surface area contributed by atoms with Crippen LogP contribution in [0, 0.1) is 5.92 Å². The van der Waals surface area contributed by atoms with Crippen LogP contribution in [0.4, 0.5) is 0 Å². The van der Waals surface area contributed by atoms with E-state index in [0.29, 0.717) is 5.92 Å². The SMILES string of the molecule is CCc1ccc2oc(CCC(C)CCN)nc2c1. The molecule has 1 aromatic heterocycles. The second kappa shape index (κ2) is 6.01. The van der Waals surface area contributed by atoms with Gasteiger partial charge in [-0.05, 0) is 49.4 Å². The van der Waals surface area contributed by atoms with Gasteiger partial charge in [-0.2, -0.15) is 0 Å². The average molecular weight is 246 g/mol. The summed E-state index contributed by atoms with van der Waals surface area (Å²) >= 11 is 0. The van der Waals surface area contributed by atoms with E-state index < -0.39 is 0 Å². The summed E-state index contributed by atoms with van der Waals surface area (Å²) in [7, 11) is 0. The number of aryl methyl sites for hydroxylation is 2. The van der Waals surface area contributed by atoms with E-state index >= 15 is 0 Å². The Hall–Kier alpha value is -1.35. The lowest BCUT2D eigenvalue weighted by Gasteiger charge is -2.06. The minimum atomic E-state index is 0.635. The van der Waals surface area contributed by atoms with Crippen molar-refractivity contribution < 1.29 is 4.42 Å². The van der Waals surface area contributed by atoms with Crippen molar-refractivity contribution in [3.8, 4) is 0 Å². The number of nitrogens with zero attached hydrogens (tertiary/aromatic N) is 1. The van der Waals surface area contributed by atoms with Gasteiger partial charge in [-0.25, -0.2) is 4.98 Å². The molecule has 2 N–H and O–H groups in total. The molecule has 1 aromatic carbocycles. The molecule has 3 nitrogen and oxygen atoms in total. The Labute approximate surface area is 108 Å². The molecule has 98 valence electrons. The Balaban J connectivity index is 2.05. The molecule has 0 aliphatic rings. The van der Waals surface area contributed by atoms with Gasteiger partial charge in [0.1, 0.15) is 5.52 Å². The fourth-order valence-corrected chi connectivity index (χ4v) is 2.15. The van der Waals surface area contributed by atoms with Gasteiger partial charge in [-0.1, -0.05) is 19.9 Å². The van der Waals surface area contributed by atoms with Gasteiger partial charge in [0.25, 0.3) is 0 Å². The fourth-order valence-electron chi connectivity index (χ4n) is 2.15. The Morgan fingerprint density at radius 1 is 1.33 bits per heavy atom. The standard InChI is InChI=1S/C15H22N2O/c1-3-12-5-6-14-13(10-12)17-15(18-14)7-4-11(2)8-9-16/h5-6,10-11H,3-4,7-9,16H2,1-2H3. The van der Waals surface area contributed by atoms with Gasteiger partial charge in [-0.15, -0.1) is 0 Å². The van der Waals surface area contributed by atoms with E-state index in [2.05, 4.69) is 31.0 Å². The van der Waals surface area contributed by atoms with Crippen LogP contribution >= 0.6 is 0 Å². The summed E-state index contributed by atoms with van der Waals surface area (Å²) in [5.74, 6) is 1.48. The van der Waals surface area contributed by atoms with Crippen molar-refractivity contribution >= 4 is 11.1 Å². The molecule has 0 bridgehead atoms. The molecule has 2 rings (SSSR count). The molecule has 0 amide bonds. The third-order valence-corrected chi connectivity index (χ3v) is 3.41. The number of hydrogen-bond donors (Lipinski definition) is 1. The van der Waals surface area contributed by atoms with Crippen molar-refractivity contribution in [1.82, 2.24) is 4.98 Å². The third-order valence-electron chi connectivity index (χ3n) is 3.41. The number of rotatable bonds is 6. The predicted octanol–water partition coefficient (Wildman–Crippen LogP) is 3.31. The van der Waals surface area contributed by atoms with Crippen LogP contribution in [-0.2, 0) is 12.8 Å². The molecule has 3 heteroatoms. The number of nitrogens with two attached hydrogens (primary N) is 1. The molecule has 1 atom stereocenters. The number of hydrogen-bond acceptors (Lipinski definition) is 3. The second-order valence-electron chi connectivity index (χ2n) is 4.98. The van der Waals surface area contributed by atoms with Gasteiger partial charge in [0.05, 0.1) is 0 Å². The number of benzene rings is 1. The van der Waals surface area contributed by atoms with Crippen molar-refractivity contribution in [1.29, 1.82) is 0 Å². The first-order chi connectivity index (χ1) is 8.72. The molecule has 1 unspecified atom stereocenters. The van der Waals surface area contributed by atoms with Gasteiger partial charge in [0.15, 0.2) is 11.5 Å². The van der Waals surface area contributed by atoms with E-state index in [0.717, 1.165) is 49.2 Å². The van der Waals surface area contributed by atoms with Crippen LogP contribution in [0.2, 0.25) is 0 Å². The lowest BCUT2D eigenvalue weighted by atomic mass is 10.0. The minimum absolute atomic E-state index is 0.635. The van der Waals surface area contributed by atoms with E-state index in [9.17, 15) is 0 Å². The van der Waals surface area contributed by atoms with Gasteiger partial charge in [0, 0.05) is 6.42 Å². The molecular formula is C15H22N2O. The van der Waals surface area contributed by atoms with Crippen LogP contribution in [0.15, 0.2) is 22.6 Å². The quantitative estimate of drug-likeness (QED) is 0.850. The number of aromatic nitrogens is 1. The first kappa shape index (κ1) is 13.1. The molecule has 0 spiro atoms. The van der Waals surface area contributed by atoms with Crippen molar-refractivity contribution in [2.45, 2.75) is 39.5 Å². The van der Waals surface area contributed by atoms with Crippen molar-refractivity contribution in [2.24, 2.45) is 11.7 Å². The van der Waals surface area contributed by atoms with Gasteiger partial charge in [-0.3, -0.25) is 0 Å². The Morgan fingerprint density at radius 2 is 2.17 bits per heavy atom. The van der Waals surface area contributed by atoms with E-state index in [1.165, 1.54) is 5.56 Å². The maximum Gasteiger partial charge on any atom is 0.195 e. The summed E-state index contributed by atoms with van der Waals surface area (Å²) in [6.07, 6.45) is 4.09. The molecule has 1 heterocycles. The monoisotopic (exact) mass is 246 g/mol. The highest BCUT2D eigenvalue weighted by atomic mass is 16.3. The van der Waals surface area contributed by atoms with E-state index in [1.54, 1.807) is 0 Å². The lowest BCUT2D eigenvalue weighted by Crippen LogP contribution is -2.06. The number of fused-ring (bicyclic) bond motifs is 1. The normalized spacial score (nSPS) is 13.1. The van der Waals surface area contributed by atoms with Crippen LogP contribution in [-0.4, -0.2) is 11.5 Å². The lowest BCUT2D eigenvalue weighted by molar-refractivity contribution is 0.451. The van der Waals surface area contributed by atoms with Crippen molar-refractivity contribution in [3.05, 3.63) is 29.7 Å². The zero-order valence-corrected chi connectivity index (χ0v) is 11.3. The van der Waals surface area contributed by atoms with E-state index in [-0.39, 0.29) is 0 Å². The Morgan fingerprint density at radius 3 is 2.89 bits per heavy atom. The van der Waals surface area contributed by atoms with Crippen LogP contribution in [0.25, 0.3) is 11.1 Å². The molecular weight excluding hydrogens is 224 g/mol. The highest BCUT2D eigenvalue weighted by molar-refractivity contribution is 5.73. The minimum Gasteiger partial charge on any atom is -0.441 e. The van der Waals surface area contributed by atoms with Crippen LogP contribution in [0.3, 0.4) is 0 Å². The van der Waals surface area contributed by atoms with Gasteiger partial charge in [0.2, 0.25) is 0 Å². The highest BCUT2D eigenvalue weighted by Crippen LogP contribution is 2.20. The first-order valence-electron chi connectivity index (χ1n) is 6.81. The second-order valence-corrected chi connectivity index (χ2v) is 4.98. The molecule has 2 aromatic rings. The first-order valence-corrected chi connectivity index (χ1v) is 6.81. The average Bonchev–Trinajstić information content (AvgIpc) is 2.78. The Kier molecular flexibility index (Phi) is 4.37. The number of oxazole rings is 1.